The number of aromatic amines is 1. The molecule has 0 saturated carbocycles. The number of unbranched alkanes of at least 4 members (excludes halogenated alkanes) is 1. The Hall–Kier alpha value is -3.63. The van der Waals surface area contributed by atoms with E-state index in [-0.39, 0.29) is 30.0 Å². The Morgan fingerprint density at radius 1 is 1.35 bits per heavy atom. The molecule has 1 saturated heterocycles. The first-order chi connectivity index (χ1) is 16.3. The molecule has 1 fully saturated rings. The van der Waals surface area contributed by atoms with Gasteiger partial charge in [-0.1, -0.05) is 19.4 Å². The number of allylic oxidation sites excluding steroid dienone is 2. The number of anilines is 1. The van der Waals surface area contributed by atoms with Crippen molar-refractivity contribution in [2.45, 2.75) is 53.0 Å². The van der Waals surface area contributed by atoms with E-state index in [1.807, 2.05) is 26.0 Å². The first kappa shape index (κ1) is 25.0. The van der Waals surface area contributed by atoms with Gasteiger partial charge in [-0.05, 0) is 44.8 Å². The number of nitrogen functional groups attached to an aromatic ring is 1. The Bertz CT molecular complexity index is 1150. The van der Waals surface area contributed by atoms with Crippen molar-refractivity contribution in [1.29, 1.82) is 0 Å². The van der Waals surface area contributed by atoms with E-state index in [1.54, 1.807) is 6.20 Å². The molecule has 0 bridgehead atoms. The molecule has 0 radical (unpaired) electrons. The maximum atomic E-state index is 12.6. The third kappa shape index (κ3) is 6.03. The standard InChI is InChI=1S/C23H33N7O4/c1-4-6-12-34-22-27-19(24)18-20(28-22)30(23(33)26-18)14-15(3)13-25-17(7-5-2)29-10-8-16(9-11-29)21(31)32/h5,7,13,16H,4,6,8-12,14H2,1-3H3,(H,26,33)(H,31,32)(H2,24,27,28)/b7-5-,15-13+,25-17-. The van der Waals surface area contributed by atoms with Crippen LogP contribution in [0.1, 0.15) is 46.5 Å². The molecule has 3 rings (SSSR count). The number of H-pyrrole nitrogens is 1. The molecule has 4 N–H and O–H groups in total. The van der Waals surface area contributed by atoms with E-state index in [9.17, 15) is 14.7 Å². The maximum absolute atomic E-state index is 12.6. The summed E-state index contributed by atoms with van der Waals surface area (Å²) in [7, 11) is 0. The molecule has 2 aromatic heterocycles. The number of piperidine rings is 1. The van der Waals surface area contributed by atoms with Crippen LogP contribution in [0.25, 0.3) is 11.2 Å². The van der Waals surface area contributed by atoms with E-state index < -0.39 is 5.97 Å². The number of nitrogens with zero attached hydrogens (tertiary/aromatic N) is 5. The van der Waals surface area contributed by atoms with E-state index in [4.69, 9.17) is 10.5 Å². The molecule has 0 aliphatic carbocycles. The molecule has 11 nitrogen and oxygen atoms in total. The number of likely N-dealkylation sites (tertiary alicyclic amines) is 1. The van der Waals surface area contributed by atoms with Crippen LogP contribution in [-0.4, -0.2) is 61.0 Å². The van der Waals surface area contributed by atoms with Crippen LogP contribution in [0, 0.1) is 5.92 Å². The number of aliphatic imine (C=N–C) groups is 1. The van der Waals surface area contributed by atoms with Gasteiger partial charge in [-0.2, -0.15) is 9.97 Å². The van der Waals surface area contributed by atoms with Gasteiger partial charge in [0.05, 0.1) is 19.1 Å². The fourth-order valence-corrected chi connectivity index (χ4v) is 3.75. The number of nitrogens with one attached hydrogen (secondary N) is 1. The Morgan fingerprint density at radius 3 is 2.74 bits per heavy atom. The van der Waals surface area contributed by atoms with E-state index in [2.05, 4.69) is 31.8 Å². The molecule has 0 amide bonds. The number of carboxylic acids is 1. The largest absolute Gasteiger partial charge is 0.481 e. The summed E-state index contributed by atoms with van der Waals surface area (Å²) in [5.74, 6) is -0.130. The predicted octanol–water partition coefficient (Wildman–Crippen LogP) is 2.56. The third-order valence-corrected chi connectivity index (χ3v) is 5.67. The van der Waals surface area contributed by atoms with Crippen LogP contribution in [0.5, 0.6) is 6.01 Å². The zero-order valence-electron chi connectivity index (χ0n) is 20.0. The van der Waals surface area contributed by atoms with Gasteiger partial charge in [0.25, 0.3) is 0 Å². The number of hydrogen-bond donors (Lipinski definition) is 3. The highest BCUT2D eigenvalue weighted by Gasteiger charge is 2.25. The summed E-state index contributed by atoms with van der Waals surface area (Å²) < 4.78 is 7.06. The zero-order valence-corrected chi connectivity index (χ0v) is 20.0. The molecular weight excluding hydrogens is 438 g/mol. The van der Waals surface area contributed by atoms with Crippen molar-refractivity contribution in [2.24, 2.45) is 10.9 Å². The van der Waals surface area contributed by atoms with Gasteiger partial charge in [-0.25, -0.2) is 9.79 Å². The molecule has 0 atom stereocenters. The van der Waals surface area contributed by atoms with Crippen molar-refractivity contribution in [3.8, 4) is 6.01 Å². The summed E-state index contributed by atoms with van der Waals surface area (Å²) in [4.78, 5) is 41.7. The molecule has 0 aromatic carbocycles. The van der Waals surface area contributed by atoms with Crippen molar-refractivity contribution < 1.29 is 14.6 Å². The normalized spacial score (nSPS) is 16.0. The van der Waals surface area contributed by atoms with Crippen LogP contribution >= 0.6 is 0 Å². The highest BCUT2D eigenvalue weighted by Crippen LogP contribution is 2.20. The number of imidazole rings is 1. The minimum absolute atomic E-state index is 0.144. The van der Waals surface area contributed by atoms with Gasteiger partial charge in [0, 0.05) is 19.3 Å². The number of ether oxygens (including phenoxy) is 1. The van der Waals surface area contributed by atoms with Gasteiger partial charge in [0.1, 0.15) is 11.4 Å². The summed E-state index contributed by atoms with van der Waals surface area (Å²) in [6.45, 7) is 7.84. The lowest BCUT2D eigenvalue weighted by Gasteiger charge is -2.31. The van der Waals surface area contributed by atoms with Crippen LogP contribution in [0.2, 0.25) is 0 Å². The molecule has 3 heterocycles. The molecule has 11 heteroatoms. The van der Waals surface area contributed by atoms with Crippen molar-refractivity contribution in [1.82, 2.24) is 24.4 Å². The molecule has 1 aliphatic rings. The first-order valence-electron chi connectivity index (χ1n) is 11.6. The van der Waals surface area contributed by atoms with Crippen molar-refractivity contribution in [2.75, 3.05) is 25.4 Å². The Labute approximate surface area is 198 Å². The Balaban J connectivity index is 1.81. The molecule has 1 aliphatic heterocycles. The second-order valence-electron chi connectivity index (χ2n) is 8.37. The summed E-state index contributed by atoms with van der Waals surface area (Å²) in [5.41, 5.74) is 7.26. The third-order valence-electron chi connectivity index (χ3n) is 5.67. The molecular formula is C23H33N7O4. The van der Waals surface area contributed by atoms with Crippen molar-refractivity contribution in [3.05, 3.63) is 34.4 Å². The molecule has 0 spiro atoms. The number of carboxylic acid groups (broad SMARTS) is 1. The highest BCUT2D eigenvalue weighted by molar-refractivity contribution is 5.93. The summed E-state index contributed by atoms with van der Waals surface area (Å²) in [6.07, 6.45) is 8.53. The van der Waals surface area contributed by atoms with Gasteiger partial charge in [-0.15, -0.1) is 0 Å². The monoisotopic (exact) mass is 471 g/mol. The first-order valence-corrected chi connectivity index (χ1v) is 11.6. The van der Waals surface area contributed by atoms with Gasteiger partial charge in [0.2, 0.25) is 0 Å². The maximum Gasteiger partial charge on any atom is 0.328 e. The van der Waals surface area contributed by atoms with Crippen LogP contribution in [0.4, 0.5) is 5.82 Å². The number of nitrogens with two attached hydrogens (primary N) is 1. The number of rotatable bonds is 9. The van der Waals surface area contributed by atoms with E-state index in [0.717, 1.165) is 24.3 Å². The van der Waals surface area contributed by atoms with E-state index in [0.29, 0.717) is 43.7 Å². The smallest absolute Gasteiger partial charge is 0.328 e. The number of fused-ring (bicyclic) bond motifs is 1. The molecule has 0 unspecified atom stereocenters. The summed E-state index contributed by atoms with van der Waals surface area (Å²) in [5, 5.41) is 9.22. The van der Waals surface area contributed by atoms with Gasteiger partial charge in [0.15, 0.2) is 11.5 Å². The average molecular weight is 472 g/mol. The summed E-state index contributed by atoms with van der Waals surface area (Å²) in [6, 6.07) is 0.144. The van der Waals surface area contributed by atoms with E-state index >= 15 is 0 Å². The van der Waals surface area contributed by atoms with Crippen molar-refractivity contribution in [3.63, 3.8) is 0 Å². The number of aliphatic carboxylic acids is 1. The lowest BCUT2D eigenvalue weighted by atomic mass is 9.97. The van der Waals surface area contributed by atoms with Gasteiger partial charge < -0.3 is 25.5 Å². The van der Waals surface area contributed by atoms with Crippen LogP contribution in [0.15, 0.2) is 33.7 Å². The molecule has 34 heavy (non-hydrogen) atoms. The number of carbonyl (C=O) groups is 1. The Kier molecular flexibility index (Phi) is 8.44. The number of hydrogen-bond acceptors (Lipinski definition) is 7. The second-order valence-corrected chi connectivity index (χ2v) is 8.37. The van der Waals surface area contributed by atoms with Crippen LogP contribution in [-0.2, 0) is 11.3 Å². The fraction of sp³-hybridized carbons (Fsp3) is 0.522. The zero-order chi connectivity index (χ0) is 24.7. The molecule has 2 aromatic rings. The lowest BCUT2D eigenvalue weighted by Crippen LogP contribution is -2.39. The quantitative estimate of drug-likeness (QED) is 0.287. The summed E-state index contributed by atoms with van der Waals surface area (Å²) >= 11 is 0. The van der Waals surface area contributed by atoms with Crippen LogP contribution < -0.4 is 16.2 Å². The van der Waals surface area contributed by atoms with Gasteiger partial charge in [-0.3, -0.25) is 9.36 Å². The average Bonchev–Trinajstić information content (AvgIpc) is 3.12. The SMILES string of the molecule is C\C=C/C(=N/C=C(\C)Cn1c(=O)[nH]c2c(N)nc(OCCCC)nc21)N1CCC(C(=O)O)CC1. The molecule has 184 valence electrons. The Morgan fingerprint density at radius 2 is 2.09 bits per heavy atom. The minimum Gasteiger partial charge on any atom is -0.481 e. The van der Waals surface area contributed by atoms with Crippen LogP contribution in [0.3, 0.4) is 0 Å². The second kappa shape index (κ2) is 11.5. The lowest BCUT2D eigenvalue weighted by molar-refractivity contribution is -0.143. The fourth-order valence-electron chi connectivity index (χ4n) is 3.75. The topological polar surface area (TPSA) is 152 Å². The highest BCUT2D eigenvalue weighted by atomic mass is 16.5. The van der Waals surface area contributed by atoms with E-state index in [1.165, 1.54) is 4.57 Å². The predicted molar refractivity (Wildman–Crippen MR) is 131 cm³/mol. The van der Waals surface area contributed by atoms with Gasteiger partial charge >= 0.3 is 17.7 Å². The van der Waals surface area contributed by atoms with Crippen molar-refractivity contribution >= 4 is 28.8 Å². The minimum atomic E-state index is -0.743. The number of aromatic nitrogens is 4. The number of amidine groups is 1.